The molecule has 0 aliphatic carbocycles. The van der Waals surface area contributed by atoms with Crippen LogP contribution in [0, 0.1) is 6.92 Å². The van der Waals surface area contributed by atoms with Crippen molar-refractivity contribution < 1.29 is 23.8 Å². The second-order valence-corrected chi connectivity index (χ2v) is 8.55. The molecule has 2 aromatic rings. The number of likely N-dealkylation sites (tertiary alicyclic amines) is 1. The lowest BCUT2D eigenvalue weighted by molar-refractivity contribution is -0.140. The number of rotatable bonds is 12. The van der Waals surface area contributed by atoms with Crippen molar-refractivity contribution in [1.82, 2.24) is 9.80 Å². The van der Waals surface area contributed by atoms with E-state index in [1.54, 1.807) is 30.3 Å². The number of unbranched alkanes of at least 4 members (excludes halogenated alkanes) is 1. The number of aryl methyl sites for hydroxylation is 1. The van der Waals surface area contributed by atoms with Gasteiger partial charge in [0.15, 0.2) is 0 Å². The number of hydrogen-bond acceptors (Lipinski definition) is 6. The van der Waals surface area contributed by atoms with Gasteiger partial charge >= 0.3 is 0 Å². The van der Waals surface area contributed by atoms with E-state index in [9.17, 15) is 14.7 Å². The normalized spacial score (nSPS) is 17.7. The van der Waals surface area contributed by atoms with E-state index in [2.05, 4.69) is 25.7 Å². The number of furan rings is 1. The first-order valence-corrected chi connectivity index (χ1v) is 12.2. The Morgan fingerprint density at radius 1 is 1.12 bits per heavy atom. The van der Waals surface area contributed by atoms with Gasteiger partial charge in [-0.1, -0.05) is 39.3 Å². The Morgan fingerprint density at radius 2 is 1.88 bits per heavy atom. The molecular weight excluding hydrogens is 432 g/mol. The quantitative estimate of drug-likeness (QED) is 0.206. The zero-order chi connectivity index (χ0) is 24.7. The van der Waals surface area contributed by atoms with Crippen LogP contribution in [0.2, 0.25) is 0 Å². The summed E-state index contributed by atoms with van der Waals surface area (Å²) < 4.78 is 11.6. The van der Waals surface area contributed by atoms with Crippen molar-refractivity contribution in [3.63, 3.8) is 0 Å². The molecule has 3 rings (SSSR count). The Hall–Kier alpha value is -3.06. The topological polar surface area (TPSA) is 83.2 Å². The van der Waals surface area contributed by atoms with Crippen molar-refractivity contribution in [2.24, 2.45) is 0 Å². The largest absolute Gasteiger partial charge is 0.507 e. The predicted octanol–water partition coefficient (Wildman–Crippen LogP) is 4.92. The number of Topliss-reactive ketones (excluding diaryl/α,β-unsaturated/α-hetero) is 1. The summed E-state index contributed by atoms with van der Waals surface area (Å²) in [7, 11) is 0. The van der Waals surface area contributed by atoms with Gasteiger partial charge in [-0.25, -0.2) is 0 Å². The number of ether oxygens (including phenoxy) is 1. The van der Waals surface area contributed by atoms with E-state index in [1.807, 2.05) is 13.0 Å². The molecule has 1 aromatic heterocycles. The summed E-state index contributed by atoms with van der Waals surface area (Å²) >= 11 is 0. The summed E-state index contributed by atoms with van der Waals surface area (Å²) in [6.45, 7) is 11.7. The summed E-state index contributed by atoms with van der Waals surface area (Å²) in [5, 5.41) is 11.2. The second kappa shape index (κ2) is 11.9. The number of aliphatic hydroxyl groups excluding tert-OH is 1. The SMILES string of the molecule is CCCCOc1cccc(/C(O)=C2\C(=O)C(=O)N(CCCN(CC)CC)C2c2ccc(C)o2)c1. The third-order valence-electron chi connectivity index (χ3n) is 6.21. The van der Waals surface area contributed by atoms with Gasteiger partial charge in [0.2, 0.25) is 0 Å². The van der Waals surface area contributed by atoms with Crippen LogP contribution >= 0.6 is 0 Å². The molecule has 0 spiro atoms. The van der Waals surface area contributed by atoms with Crippen molar-refractivity contribution in [2.45, 2.75) is 53.0 Å². The number of benzene rings is 1. The Balaban J connectivity index is 1.95. The van der Waals surface area contributed by atoms with Crippen molar-refractivity contribution in [2.75, 3.05) is 32.8 Å². The number of amides is 1. The van der Waals surface area contributed by atoms with Crippen LogP contribution in [0.1, 0.15) is 63.2 Å². The van der Waals surface area contributed by atoms with E-state index < -0.39 is 17.7 Å². The molecule has 1 atom stereocenters. The average molecular weight is 469 g/mol. The number of nitrogens with zero attached hydrogens (tertiary/aromatic N) is 2. The molecular formula is C27H36N2O5. The van der Waals surface area contributed by atoms with Gasteiger partial charge < -0.3 is 24.1 Å². The second-order valence-electron chi connectivity index (χ2n) is 8.55. The smallest absolute Gasteiger partial charge is 0.295 e. The van der Waals surface area contributed by atoms with E-state index >= 15 is 0 Å². The molecule has 1 unspecified atom stereocenters. The highest BCUT2D eigenvalue weighted by Gasteiger charge is 2.47. The van der Waals surface area contributed by atoms with Gasteiger partial charge in [-0.3, -0.25) is 9.59 Å². The maximum atomic E-state index is 13.1. The van der Waals surface area contributed by atoms with E-state index in [0.29, 0.717) is 42.4 Å². The maximum Gasteiger partial charge on any atom is 0.295 e. The van der Waals surface area contributed by atoms with Gasteiger partial charge in [-0.05, 0) is 63.7 Å². The van der Waals surface area contributed by atoms with Gasteiger partial charge in [0, 0.05) is 12.1 Å². The number of carbonyl (C=O) groups excluding carboxylic acids is 2. The lowest BCUT2D eigenvalue weighted by Gasteiger charge is -2.25. The highest BCUT2D eigenvalue weighted by atomic mass is 16.5. The van der Waals surface area contributed by atoms with Crippen molar-refractivity contribution in [3.05, 3.63) is 59.1 Å². The van der Waals surface area contributed by atoms with Gasteiger partial charge in [-0.2, -0.15) is 0 Å². The summed E-state index contributed by atoms with van der Waals surface area (Å²) in [4.78, 5) is 30.0. The fourth-order valence-corrected chi connectivity index (χ4v) is 4.23. The molecule has 1 aliphatic heterocycles. The maximum absolute atomic E-state index is 13.1. The molecule has 7 heteroatoms. The highest BCUT2D eigenvalue weighted by molar-refractivity contribution is 6.46. The molecule has 0 radical (unpaired) electrons. The van der Waals surface area contributed by atoms with Gasteiger partial charge in [-0.15, -0.1) is 0 Å². The lowest BCUT2D eigenvalue weighted by Crippen LogP contribution is -2.33. The Bertz CT molecular complexity index is 1020. The monoisotopic (exact) mass is 468 g/mol. The molecule has 34 heavy (non-hydrogen) atoms. The molecule has 184 valence electrons. The zero-order valence-corrected chi connectivity index (χ0v) is 20.7. The van der Waals surface area contributed by atoms with Crippen LogP contribution < -0.4 is 4.74 Å². The Kier molecular flexibility index (Phi) is 8.93. The van der Waals surface area contributed by atoms with E-state index in [4.69, 9.17) is 9.15 Å². The number of hydrogen-bond donors (Lipinski definition) is 1. The molecule has 1 aromatic carbocycles. The van der Waals surface area contributed by atoms with Gasteiger partial charge in [0.1, 0.15) is 29.1 Å². The van der Waals surface area contributed by atoms with Crippen molar-refractivity contribution in [1.29, 1.82) is 0 Å². The first-order chi connectivity index (χ1) is 16.4. The molecule has 2 heterocycles. The minimum absolute atomic E-state index is 0.0490. The highest BCUT2D eigenvalue weighted by Crippen LogP contribution is 2.40. The molecule has 1 fully saturated rings. The van der Waals surface area contributed by atoms with E-state index in [-0.39, 0.29) is 11.3 Å². The summed E-state index contributed by atoms with van der Waals surface area (Å²) in [6, 6.07) is 9.78. The van der Waals surface area contributed by atoms with Gasteiger partial charge in [0.05, 0.1) is 12.2 Å². The molecule has 0 saturated carbocycles. The van der Waals surface area contributed by atoms with Crippen LogP contribution in [0.25, 0.3) is 5.76 Å². The average Bonchev–Trinajstić information content (AvgIpc) is 3.37. The molecule has 0 bridgehead atoms. The van der Waals surface area contributed by atoms with Gasteiger partial charge in [0.25, 0.3) is 11.7 Å². The van der Waals surface area contributed by atoms with Crippen LogP contribution in [-0.2, 0) is 9.59 Å². The first-order valence-electron chi connectivity index (χ1n) is 12.2. The van der Waals surface area contributed by atoms with Crippen LogP contribution in [0.5, 0.6) is 5.75 Å². The third-order valence-corrected chi connectivity index (χ3v) is 6.21. The third kappa shape index (κ3) is 5.70. The number of ketones is 1. The summed E-state index contributed by atoms with van der Waals surface area (Å²) in [5.41, 5.74) is 0.483. The summed E-state index contributed by atoms with van der Waals surface area (Å²) in [6.07, 6.45) is 2.65. The molecule has 7 nitrogen and oxygen atoms in total. The molecule has 1 aliphatic rings. The molecule has 1 saturated heterocycles. The number of carbonyl (C=O) groups is 2. The zero-order valence-electron chi connectivity index (χ0n) is 20.7. The Morgan fingerprint density at radius 3 is 2.53 bits per heavy atom. The minimum Gasteiger partial charge on any atom is -0.507 e. The van der Waals surface area contributed by atoms with Crippen LogP contribution in [-0.4, -0.2) is 59.4 Å². The standard InChI is InChI=1S/C27H36N2O5/c1-5-8-17-33-21-12-9-11-20(18-21)25(30)23-24(22-14-13-19(4)34-22)29(27(32)26(23)31)16-10-15-28(6-2)7-3/h9,11-14,18,24,30H,5-8,10,15-17H2,1-4H3/b25-23+. The first kappa shape index (κ1) is 25.6. The van der Waals surface area contributed by atoms with E-state index in [1.165, 1.54) is 4.90 Å². The van der Waals surface area contributed by atoms with Crippen LogP contribution in [0.15, 0.2) is 46.4 Å². The van der Waals surface area contributed by atoms with E-state index in [0.717, 1.165) is 32.5 Å². The minimum atomic E-state index is -0.768. The predicted molar refractivity (Wildman–Crippen MR) is 132 cm³/mol. The summed E-state index contributed by atoms with van der Waals surface area (Å²) in [5.74, 6) is 0.222. The number of aliphatic hydroxyl groups is 1. The fourth-order valence-electron chi connectivity index (χ4n) is 4.23. The lowest BCUT2D eigenvalue weighted by atomic mass is 9.99. The molecule has 1 N–H and O–H groups in total. The Labute approximate surface area is 202 Å². The fraction of sp³-hybridized carbons (Fsp3) is 0.481. The van der Waals surface area contributed by atoms with Crippen molar-refractivity contribution >= 4 is 17.4 Å². The van der Waals surface area contributed by atoms with Crippen LogP contribution in [0.3, 0.4) is 0 Å². The van der Waals surface area contributed by atoms with Crippen molar-refractivity contribution in [3.8, 4) is 5.75 Å². The van der Waals surface area contributed by atoms with Crippen LogP contribution in [0.4, 0.5) is 0 Å². The molecule has 1 amide bonds.